The summed E-state index contributed by atoms with van der Waals surface area (Å²) in [6.45, 7) is 1.60. The van der Waals surface area contributed by atoms with E-state index in [1.54, 1.807) is 25.9 Å². The van der Waals surface area contributed by atoms with Gasteiger partial charge in [0, 0.05) is 20.2 Å². The van der Waals surface area contributed by atoms with Gasteiger partial charge in [-0.25, -0.2) is 9.78 Å². The second kappa shape index (κ2) is 7.41. The van der Waals surface area contributed by atoms with E-state index in [1.807, 2.05) is 0 Å². The molecule has 1 amide bonds. The lowest BCUT2D eigenvalue weighted by Crippen LogP contribution is -2.18. The van der Waals surface area contributed by atoms with E-state index >= 15 is 0 Å². The number of halogens is 3. The van der Waals surface area contributed by atoms with Gasteiger partial charge in [0.1, 0.15) is 0 Å². The predicted molar refractivity (Wildman–Crippen MR) is 100 cm³/mol. The fourth-order valence-corrected chi connectivity index (χ4v) is 2.71. The third-order valence-electron chi connectivity index (χ3n) is 4.19. The molecule has 0 aliphatic heterocycles. The molecule has 0 unspecified atom stereocenters. The highest BCUT2D eigenvalue weighted by Crippen LogP contribution is 2.35. The van der Waals surface area contributed by atoms with Gasteiger partial charge in [0.05, 0.1) is 34.4 Å². The van der Waals surface area contributed by atoms with Gasteiger partial charge in [-0.3, -0.25) is 9.59 Å². The van der Waals surface area contributed by atoms with Gasteiger partial charge in [-0.15, -0.1) is 0 Å². The van der Waals surface area contributed by atoms with Gasteiger partial charge < -0.3 is 10.2 Å². The zero-order valence-corrected chi connectivity index (χ0v) is 15.7. The van der Waals surface area contributed by atoms with E-state index in [9.17, 15) is 22.8 Å². The predicted octanol–water partition coefficient (Wildman–Crippen LogP) is 2.60. The topological polar surface area (TPSA) is 95.9 Å². The van der Waals surface area contributed by atoms with Crippen molar-refractivity contribution in [2.45, 2.75) is 13.1 Å². The van der Waals surface area contributed by atoms with Gasteiger partial charge in [-0.05, 0) is 31.2 Å². The van der Waals surface area contributed by atoms with Crippen LogP contribution in [0.1, 0.15) is 21.6 Å². The number of rotatable bonds is 4. The van der Waals surface area contributed by atoms with Crippen LogP contribution in [0.2, 0.25) is 0 Å². The monoisotopic (exact) mass is 406 g/mol. The number of nitrogens with one attached hydrogen (secondary N) is 2. The second-order valence-corrected chi connectivity index (χ2v) is 6.41. The van der Waals surface area contributed by atoms with Crippen LogP contribution in [0.5, 0.6) is 0 Å². The molecule has 29 heavy (non-hydrogen) atoms. The summed E-state index contributed by atoms with van der Waals surface area (Å²) in [6, 6.07) is 5.82. The molecule has 2 heterocycles. The van der Waals surface area contributed by atoms with Crippen LogP contribution in [-0.4, -0.2) is 40.0 Å². The van der Waals surface area contributed by atoms with Gasteiger partial charge in [0.25, 0.3) is 11.5 Å². The van der Waals surface area contributed by atoms with Gasteiger partial charge in [0.2, 0.25) is 0 Å². The number of amides is 1. The van der Waals surface area contributed by atoms with Crippen LogP contribution < -0.4 is 15.8 Å². The lowest BCUT2D eigenvalue weighted by atomic mass is 10.1. The van der Waals surface area contributed by atoms with Crippen molar-refractivity contribution in [2.24, 2.45) is 0 Å². The Hall–Kier alpha value is -3.63. The van der Waals surface area contributed by atoms with Crippen molar-refractivity contribution < 1.29 is 18.0 Å². The fourth-order valence-electron chi connectivity index (χ4n) is 2.71. The summed E-state index contributed by atoms with van der Waals surface area (Å²) in [5.74, 6) is -0.338. The molecular formula is C18H17F3N6O2. The Morgan fingerprint density at radius 1 is 1.21 bits per heavy atom. The minimum absolute atomic E-state index is 0.0177. The zero-order valence-electron chi connectivity index (χ0n) is 15.7. The molecule has 2 aromatic heterocycles. The van der Waals surface area contributed by atoms with E-state index in [4.69, 9.17) is 0 Å². The van der Waals surface area contributed by atoms with Crippen LogP contribution in [0.4, 0.5) is 24.5 Å². The SMILES string of the molecule is Cc1c(C(=O)Nc2cc(C(F)(F)F)ccc2N(C)C)cnn1-c1ccc(=O)[nH]n1. The Kier molecular flexibility index (Phi) is 5.14. The van der Waals surface area contributed by atoms with Crippen LogP contribution in [0, 0.1) is 6.92 Å². The number of aromatic amines is 1. The number of hydrogen-bond acceptors (Lipinski definition) is 5. The highest BCUT2D eigenvalue weighted by molar-refractivity contribution is 6.06. The molecule has 0 fully saturated rings. The third kappa shape index (κ3) is 4.13. The maximum absolute atomic E-state index is 13.1. The number of carbonyl (C=O) groups is 1. The molecule has 152 valence electrons. The average molecular weight is 406 g/mol. The van der Waals surface area contributed by atoms with Crippen LogP contribution in [0.3, 0.4) is 0 Å². The molecule has 3 aromatic rings. The third-order valence-corrected chi connectivity index (χ3v) is 4.19. The summed E-state index contributed by atoms with van der Waals surface area (Å²) in [6.07, 6.45) is -3.26. The molecule has 0 saturated heterocycles. The van der Waals surface area contributed by atoms with Crippen molar-refractivity contribution in [3.05, 3.63) is 63.7 Å². The molecule has 3 rings (SSSR count). The fraction of sp³-hybridized carbons (Fsp3) is 0.222. The van der Waals surface area contributed by atoms with Gasteiger partial charge in [0.15, 0.2) is 5.82 Å². The van der Waals surface area contributed by atoms with Crippen molar-refractivity contribution in [3.8, 4) is 5.82 Å². The minimum Gasteiger partial charge on any atom is -0.376 e. The number of carbonyl (C=O) groups excluding carboxylic acids is 1. The summed E-state index contributed by atoms with van der Waals surface area (Å²) >= 11 is 0. The Bertz CT molecular complexity index is 1100. The highest BCUT2D eigenvalue weighted by Gasteiger charge is 2.31. The number of aromatic nitrogens is 4. The summed E-state index contributed by atoms with van der Waals surface area (Å²) in [5.41, 5.74) is -0.274. The standard InChI is InChI=1S/C18H17F3N6O2/c1-10-12(9-22-27(10)15-6-7-16(28)25-24-15)17(29)23-13-8-11(18(19,20)21)4-5-14(13)26(2)3/h4-9H,1-3H3,(H,23,29)(H,25,28). The molecule has 1 aromatic carbocycles. The average Bonchev–Trinajstić information content (AvgIpc) is 3.03. The summed E-state index contributed by atoms with van der Waals surface area (Å²) in [5, 5.41) is 12.7. The molecule has 0 atom stereocenters. The molecule has 2 N–H and O–H groups in total. The largest absolute Gasteiger partial charge is 0.416 e. The summed E-state index contributed by atoms with van der Waals surface area (Å²) in [7, 11) is 3.31. The second-order valence-electron chi connectivity index (χ2n) is 6.41. The molecule has 0 radical (unpaired) electrons. The van der Waals surface area contributed by atoms with E-state index < -0.39 is 23.2 Å². The Balaban J connectivity index is 1.95. The number of hydrogen-bond donors (Lipinski definition) is 2. The van der Waals surface area contributed by atoms with Gasteiger partial charge >= 0.3 is 6.18 Å². The van der Waals surface area contributed by atoms with E-state index in [0.717, 1.165) is 12.1 Å². The number of benzene rings is 1. The molecule has 0 saturated carbocycles. The minimum atomic E-state index is -4.54. The molecule has 0 aliphatic carbocycles. The van der Waals surface area contributed by atoms with Crippen LogP contribution >= 0.6 is 0 Å². The van der Waals surface area contributed by atoms with Crippen LogP contribution in [-0.2, 0) is 6.18 Å². The van der Waals surface area contributed by atoms with Crippen molar-refractivity contribution in [1.82, 2.24) is 20.0 Å². The lowest BCUT2D eigenvalue weighted by molar-refractivity contribution is -0.137. The summed E-state index contributed by atoms with van der Waals surface area (Å²) < 4.78 is 40.6. The molecule has 0 spiro atoms. The zero-order chi connectivity index (χ0) is 21.3. The first-order valence-corrected chi connectivity index (χ1v) is 8.38. The number of nitrogens with zero attached hydrogens (tertiary/aromatic N) is 4. The van der Waals surface area contributed by atoms with Crippen LogP contribution in [0.25, 0.3) is 5.82 Å². The Labute approximate surface area is 163 Å². The molecule has 11 heteroatoms. The first-order valence-electron chi connectivity index (χ1n) is 8.38. The lowest BCUT2D eigenvalue weighted by Gasteiger charge is -2.19. The van der Waals surface area contributed by atoms with Crippen molar-refractivity contribution >= 4 is 17.3 Å². The van der Waals surface area contributed by atoms with Crippen molar-refractivity contribution in [2.75, 3.05) is 24.3 Å². The smallest absolute Gasteiger partial charge is 0.376 e. The van der Waals surface area contributed by atoms with E-state index in [1.165, 1.54) is 29.1 Å². The maximum atomic E-state index is 13.1. The van der Waals surface area contributed by atoms with E-state index in [-0.39, 0.29) is 17.1 Å². The van der Waals surface area contributed by atoms with E-state index in [2.05, 4.69) is 20.6 Å². The van der Waals surface area contributed by atoms with Gasteiger partial charge in [-0.2, -0.15) is 23.4 Å². The van der Waals surface area contributed by atoms with Gasteiger partial charge in [-0.1, -0.05) is 0 Å². The number of H-pyrrole nitrogens is 1. The number of anilines is 2. The highest BCUT2D eigenvalue weighted by atomic mass is 19.4. The first-order chi connectivity index (χ1) is 13.6. The quantitative estimate of drug-likeness (QED) is 0.695. The Morgan fingerprint density at radius 3 is 2.52 bits per heavy atom. The first kappa shape index (κ1) is 20.1. The number of alkyl halides is 3. The Morgan fingerprint density at radius 2 is 1.93 bits per heavy atom. The molecule has 8 nitrogen and oxygen atoms in total. The van der Waals surface area contributed by atoms with Crippen molar-refractivity contribution in [3.63, 3.8) is 0 Å². The molecular weight excluding hydrogens is 389 g/mol. The normalized spacial score (nSPS) is 11.4. The van der Waals surface area contributed by atoms with Crippen molar-refractivity contribution in [1.29, 1.82) is 0 Å². The molecule has 0 aliphatic rings. The molecule has 0 bridgehead atoms. The van der Waals surface area contributed by atoms with E-state index in [0.29, 0.717) is 11.4 Å². The maximum Gasteiger partial charge on any atom is 0.416 e. The summed E-state index contributed by atoms with van der Waals surface area (Å²) in [4.78, 5) is 25.5. The van der Waals surface area contributed by atoms with Crippen LogP contribution in [0.15, 0.2) is 41.3 Å².